The number of methoxy groups -OCH3 is 1. The third-order valence-corrected chi connectivity index (χ3v) is 5.64. The third kappa shape index (κ3) is 4.92. The van der Waals surface area contributed by atoms with Gasteiger partial charge in [-0.1, -0.05) is 18.2 Å². The van der Waals surface area contributed by atoms with Crippen molar-refractivity contribution in [1.29, 1.82) is 0 Å². The Kier molecular flexibility index (Phi) is 6.56. The van der Waals surface area contributed by atoms with Crippen LogP contribution in [0.15, 0.2) is 42.6 Å². The molecule has 0 aliphatic carbocycles. The van der Waals surface area contributed by atoms with Gasteiger partial charge >= 0.3 is 0 Å². The molecule has 5 nitrogen and oxygen atoms in total. The molecule has 1 fully saturated rings. The van der Waals surface area contributed by atoms with Crippen molar-refractivity contribution >= 4 is 5.91 Å². The number of likely N-dealkylation sites (tertiary alicyclic amines) is 1. The SMILES string of the molecule is COc1ccccc1CCN1CCC(CN(C)C(=O)c2cccn2C)CC1. The van der Waals surface area contributed by atoms with E-state index < -0.39 is 0 Å². The molecule has 1 aromatic carbocycles. The Balaban J connectivity index is 1.43. The maximum Gasteiger partial charge on any atom is 0.270 e. The van der Waals surface area contributed by atoms with E-state index in [9.17, 15) is 4.79 Å². The van der Waals surface area contributed by atoms with Gasteiger partial charge in [0.15, 0.2) is 0 Å². The molecule has 0 atom stereocenters. The van der Waals surface area contributed by atoms with Gasteiger partial charge in [0.1, 0.15) is 11.4 Å². The van der Waals surface area contributed by atoms with Crippen LogP contribution in [0.4, 0.5) is 0 Å². The zero-order valence-corrected chi connectivity index (χ0v) is 16.7. The largest absolute Gasteiger partial charge is 0.496 e. The predicted molar refractivity (Wildman–Crippen MR) is 108 cm³/mol. The number of aromatic nitrogens is 1. The zero-order valence-electron chi connectivity index (χ0n) is 16.7. The highest BCUT2D eigenvalue weighted by molar-refractivity contribution is 5.92. The summed E-state index contributed by atoms with van der Waals surface area (Å²) in [5, 5.41) is 0. The van der Waals surface area contributed by atoms with Crippen LogP contribution in [0.1, 0.15) is 28.9 Å². The average Bonchev–Trinajstić information content (AvgIpc) is 3.12. The van der Waals surface area contributed by atoms with Gasteiger partial charge in [0.25, 0.3) is 5.91 Å². The summed E-state index contributed by atoms with van der Waals surface area (Å²) in [5.41, 5.74) is 2.03. The molecule has 5 heteroatoms. The van der Waals surface area contributed by atoms with Crippen molar-refractivity contribution in [1.82, 2.24) is 14.4 Å². The van der Waals surface area contributed by atoms with Gasteiger partial charge in [0.05, 0.1) is 7.11 Å². The average molecular weight is 370 g/mol. The number of hydrogen-bond acceptors (Lipinski definition) is 3. The number of piperidine rings is 1. The Morgan fingerprint density at radius 2 is 1.93 bits per heavy atom. The molecule has 0 saturated carbocycles. The lowest BCUT2D eigenvalue weighted by atomic mass is 9.96. The number of ether oxygens (including phenoxy) is 1. The van der Waals surface area contributed by atoms with Crippen molar-refractivity contribution in [3.63, 3.8) is 0 Å². The summed E-state index contributed by atoms with van der Waals surface area (Å²) >= 11 is 0. The minimum Gasteiger partial charge on any atom is -0.496 e. The maximum absolute atomic E-state index is 12.6. The van der Waals surface area contributed by atoms with Crippen LogP contribution in [0, 0.1) is 5.92 Å². The molecule has 0 N–H and O–H groups in total. The minimum atomic E-state index is 0.112. The Morgan fingerprint density at radius 1 is 1.19 bits per heavy atom. The maximum atomic E-state index is 12.6. The molecule has 146 valence electrons. The first-order chi connectivity index (χ1) is 13.1. The van der Waals surface area contributed by atoms with Gasteiger partial charge in [-0.2, -0.15) is 0 Å². The van der Waals surface area contributed by atoms with Crippen LogP contribution in [0.25, 0.3) is 0 Å². The summed E-state index contributed by atoms with van der Waals surface area (Å²) in [6.07, 6.45) is 5.23. The van der Waals surface area contributed by atoms with Gasteiger partial charge < -0.3 is 19.1 Å². The van der Waals surface area contributed by atoms with Gasteiger partial charge in [0, 0.05) is 33.4 Å². The standard InChI is InChI=1S/C22H31N3O2/c1-23-13-6-8-20(23)22(26)24(2)17-18-10-14-25(15-11-18)16-12-19-7-4-5-9-21(19)27-3/h4-9,13,18H,10-12,14-17H2,1-3H3. The molecule has 1 aliphatic rings. The lowest BCUT2D eigenvalue weighted by Gasteiger charge is -2.34. The number of rotatable bonds is 7. The highest BCUT2D eigenvalue weighted by Gasteiger charge is 2.23. The van der Waals surface area contributed by atoms with Crippen molar-refractivity contribution in [3.05, 3.63) is 53.9 Å². The number of benzene rings is 1. The lowest BCUT2D eigenvalue weighted by Crippen LogP contribution is -2.40. The van der Waals surface area contributed by atoms with Crippen molar-refractivity contribution < 1.29 is 9.53 Å². The van der Waals surface area contributed by atoms with E-state index in [1.54, 1.807) is 7.11 Å². The molecule has 0 radical (unpaired) electrons. The van der Waals surface area contributed by atoms with Crippen LogP contribution >= 0.6 is 0 Å². The van der Waals surface area contributed by atoms with E-state index in [2.05, 4.69) is 17.0 Å². The molecule has 0 unspecified atom stereocenters. The first-order valence-electron chi connectivity index (χ1n) is 9.79. The highest BCUT2D eigenvalue weighted by Crippen LogP contribution is 2.21. The van der Waals surface area contributed by atoms with Crippen LogP contribution in [0.5, 0.6) is 5.75 Å². The second-order valence-electron chi connectivity index (χ2n) is 7.54. The van der Waals surface area contributed by atoms with Crippen molar-refractivity contribution in [2.24, 2.45) is 13.0 Å². The van der Waals surface area contributed by atoms with Crippen LogP contribution in [0.2, 0.25) is 0 Å². The summed E-state index contributed by atoms with van der Waals surface area (Å²) in [7, 11) is 5.57. The Morgan fingerprint density at radius 3 is 2.59 bits per heavy atom. The molecule has 2 heterocycles. The molecule has 1 aliphatic heterocycles. The third-order valence-electron chi connectivity index (χ3n) is 5.64. The predicted octanol–water partition coefficient (Wildman–Crippen LogP) is 3.06. The smallest absolute Gasteiger partial charge is 0.270 e. The fraction of sp³-hybridized carbons (Fsp3) is 0.500. The summed E-state index contributed by atoms with van der Waals surface area (Å²) < 4.78 is 7.34. The van der Waals surface area contributed by atoms with Crippen molar-refractivity contribution in [2.45, 2.75) is 19.3 Å². The van der Waals surface area contributed by atoms with Crippen LogP contribution < -0.4 is 4.74 Å². The molecule has 2 aromatic rings. The van der Waals surface area contributed by atoms with E-state index in [1.807, 2.05) is 54.0 Å². The number of aryl methyl sites for hydroxylation is 1. The van der Waals surface area contributed by atoms with E-state index in [-0.39, 0.29) is 5.91 Å². The van der Waals surface area contributed by atoms with E-state index in [1.165, 1.54) is 5.56 Å². The van der Waals surface area contributed by atoms with E-state index >= 15 is 0 Å². The van der Waals surface area contributed by atoms with Crippen molar-refractivity contribution in [2.75, 3.05) is 40.3 Å². The molecule has 0 bridgehead atoms. The van der Waals surface area contributed by atoms with Crippen molar-refractivity contribution in [3.8, 4) is 5.75 Å². The lowest BCUT2D eigenvalue weighted by molar-refractivity contribution is 0.0731. The Hall–Kier alpha value is -2.27. The topological polar surface area (TPSA) is 37.7 Å². The van der Waals surface area contributed by atoms with Crippen LogP contribution in [-0.4, -0.2) is 60.6 Å². The summed E-state index contributed by atoms with van der Waals surface area (Å²) in [6.45, 7) is 4.10. The molecule has 3 rings (SSSR count). The number of para-hydroxylation sites is 1. The molecule has 1 saturated heterocycles. The van der Waals surface area contributed by atoms with E-state index in [4.69, 9.17) is 4.74 Å². The van der Waals surface area contributed by atoms with E-state index in [0.717, 1.165) is 56.9 Å². The molecule has 0 spiro atoms. The van der Waals surface area contributed by atoms with Gasteiger partial charge in [-0.05, 0) is 62.0 Å². The normalized spacial score (nSPS) is 15.7. The monoisotopic (exact) mass is 369 g/mol. The first-order valence-corrected chi connectivity index (χ1v) is 9.79. The quantitative estimate of drug-likeness (QED) is 0.753. The fourth-order valence-corrected chi connectivity index (χ4v) is 3.93. The molecule has 1 aromatic heterocycles. The minimum absolute atomic E-state index is 0.112. The fourth-order valence-electron chi connectivity index (χ4n) is 3.93. The number of nitrogens with zero attached hydrogens (tertiary/aromatic N) is 3. The summed E-state index contributed by atoms with van der Waals surface area (Å²) in [5.74, 6) is 1.68. The second kappa shape index (κ2) is 9.09. The number of hydrogen-bond donors (Lipinski definition) is 0. The number of amides is 1. The number of carbonyl (C=O) groups excluding carboxylic acids is 1. The molecule has 27 heavy (non-hydrogen) atoms. The van der Waals surface area contributed by atoms with E-state index in [0.29, 0.717) is 5.92 Å². The molecule has 1 amide bonds. The summed E-state index contributed by atoms with van der Waals surface area (Å²) in [6, 6.07) is 12.1. The van der Waals surface area contributed by atoms with Crippen LogP contribution in [0.3, 0.4) is 0 Å². The summed E-state index contributed by atoms with van der Waals surface area (Å²) in [4.78, 5) is 17.0. The molecular formula is C22H31N3O2. The second-order valence-corrected chi connectivity index (χ2v) is 7.54. The van der Waals surface area contributed by atoms with Gasteiger partial charge in [-0.15, -0.1) is 0 Å². The number of carbonyl (C=O) groups is 1. The van der Waals surface area contributed by atoms with Gasteiger partial charge in [-0.25, -0.2) is 0 Å². The zero-order chi connectivity index (χ0) is 19.2. The van der Waals surface area contributed by atoms with Crippen LogP contribution in [-0.2, 0) is 13.5 Å². The molecular weight excluding hydrogens is 338 g/mol. The van der Waals surface area contributed by atoms with Gasteiger partial charge in [0.2, 0.25) is 0 Å². The first kappa shape index (κ1) is 19.5. The Labute approximate surface area is 162 Å². The van der Waals surface area contributed by atoms with Gasteiger partial charge in [-0.3, -0.25) is 4.79 Å². The Bertz CT molecular complexity index is 748. The highest BCUT2D eigenvalue weighted by atomic mass is 16.5.